The van der Waals surface area contributed by atoms with E-state index in [-0.39, 0.29) is 6.15 Å². The lowest BCUT2D eigenvalue weighted by Gasteiger charge is -1.89. The van der Waals surface area contributed by atoms with E-state index in [4.69, 9.17) is 11.6 Å². The number of hydrogen-bond acceptors (Lipinski definition) is 1. The van der Waals surface area contributed by atoms with Crippen LogP contribution in [0.25, 0.3) is 0 Å². The van der Waals surface area contributed by atoms with Gasteiger partial charge < -0.3 is 6.15 Å². The summed E-state index contributed by atoms with van der Waals surface area (Å²) in [6.07, 6.45) is 0. The van der Waals surface area contributed by atoms with Gasteiger partial charge in [0.05, 0.1) is 5.02 Å². The summed E-state index contributed by atoms with van der Waals surface area (Å²) >= 11 is 7.89. The first-order valence-electron chi connectivity index (χ1n) is 2.21. The smallest absolute Gasteiger partial charge is 0.0539 e. The fraction of sp³-hybridized carbons (Fsp3) is 0. The molecular formula is C6H7ClIN. The van der Waals surface area contributed by atoms with E-state index in [9.17, 15) is 0 Å². The highest BCUT2D eigenvalue weighted by Crippen LogP contribution is 2.15. The maximum Gasteiger partial charge on any atom is 0.0539 e. The van der Waals surface area contributed by atoms with Crippen molar-refractivity contribution in [2.75, 3.05) is 0 Å². The van der Waals surface area contributed by atoms with Gasteiger partial charge in [0.15, 0.2) is 0 Å². The molecule has 0 saturated heterocycles. The molecule has 0 bridgehead atoms. The van der Waals surface area contributed by atoms with Crippen LogP contribution in [-0.2, 0) is 0 Å². The highest BCUT2D eigenvalue weighted by molar-refractivity contribution is 14.1. The first-order valence-corrected chi connectivity index (χ1v) is 3.66. The van der Waals surface area contributed by atoms with Gasteiger partial charge >= 0.3 is 0 Å². The molecule has 0 aliphatic heterocycles. The second kappa shape index (κ2) is 4.09. The Labute approximate surface area is 73.1 Å². The van der Waals surface area contributed by atoms with Gasteiger partial charge in [0.25, 0.3) is 0 Å². The lowest BCUT2D eigenvalue weighted by molar-refractivity contribution is 1.65. The Kier molecular flexibility index (Phi) is 4.18. The van der Waals surface area contributed by atoms with Gasteiger partial charge in [-0.1, -0.05) is 23.7 Å². The third kappa shape index (κ3) is 2.51. The van der Waals surface area contributed by atoms with E-state index in [0.717, 1.165) is 8.59 Å². The second-order valence-corrected chi connectivity index (χ2v) is 2.98. The third-order valence-corrected chi connectivity index (χ3v) is 2.41. The van der Waals surface area contributed by atoms with E-state index in [0.29, 0.717) is 0 Å². The Hall–Kier alpha value is 0.200. The van der Waals surface area contributed by atoms with E-state index in [1.807, 2.05) is 24.3 Å². The van der Waals surface area contributed by atoms with Crippen molar-refractivity contribution in [3.8, 4) is 0 Å². The Morgan fingerprint density at radius 1 is 1.22 bits per heavy atom. The quantitative estimate of drug-likeness (QED) is 0.710. The highest BCUT2D eigenvalue weighted by atomic mass is 127. The Morgan fingerprint density at radius 2 is 1.78 bits per heavy atom. The molecule has 1 aromatic carbocycles. The molecule has 0 unspecified atom stereocenters. The zero-order chi connectivity index (χ0) is 5.98. The lowest BCUT2D eigenvalue weighted by Crippen LogP contribution is -1.67. The molecule has 1 aromatic rings. The van der Waals surface area contributed by atoms with Gasteiger partial charge in [0.1, 0.15) is 0 Å². The van der Waals surface area contributed by atoms with Crippen molar-refractivity contribution in [3.63, 3.8) is 0 Å². The summed E-state index contributed by atoms with van der Waals surface area (Å²) in [5.41, 5.74) is 0. The molecule has 0 aromatic heterocycles. The van der Waals surface area contributed by atoms with Gasteiger partial charge in [-0.05, 0) is 34.7 Å². The lowest BCUT2D eigenvalue weighted by atomic mass is 10.4. The molecule has 1 nitrogen and oxygen atoms in total. The van der Waals surface area contributed by atoms with Gasteiger partial charge in [0.2, 0.25) is 0 Å². The standard InChI is InChI=1S/C6H4ClI.H3N/c7-5-3-1-2-4-6(5)8;/h1-4H;1H3. The van der Waals surface area contributed by atoms with E-state index >= 15 is 0 Å². The Balaban J connectivity index is 0.000000640. The normalized spacial score (nSPS) is 8.22. The summed E-state index contributed by atoms with van der Waals surface area (Å²) < 4.78 is 1.10. The van der Waals surface area contributed by atoms with E-state index in [1.54, 1.807) is 0 Å². The van der Waals surface area contributed by atoms with Crippen molar-refractivity contribution in [3.05, 3.63) is 32.9 Å². The van der Waals surface area contributed by atoms with E-state index in [2.05, 4.69) is 22.6 Å². The molecule has 0 amide bonds. The summed E-state index contributed by atoms with van der Waals surface area (Å²) in [6, 6.07) is 7.74. The van der Waals surface area contributed by atoms with Crippen LogP contribution in [0.4, 0.5) is 0 Å². The van der Waals surface area contributed by atoms with Crippen LogP contribution in [0.3, 0.4) is 0 Å². The molecule has 0 radical (unpaired) electrons. The molecule has 9 heavy (non-hydrogen) atoms. The number of hydrogen-bond donors (Lipinski definition) is 1. The first kappa shape index (κ1) is 9.20. The van der Waals surface area contributed by atoms with Crippen molar-refractivity contribution >= 4 is 34.2 Å². The predicted octanol–water partition coefficient (Wildman–Crippen LogP) is 3.11. The molecule has 3 N–H and O–H groups in total. The van der Waals surface area contributed by atoms with Crippen molar-refractivity contribution < 1.29 is 0 Å². The summed E-state index contributed by atoms with van der Waals surface area (Å²) in [5, 5.41) is 0.827. The van der Waals surface area contributed by atoms with Gasteiger partial charge in [-0.15, -0.1) is 0 Å². The average molecular weight is 255 g/mol. The monoisotopic (exact) mass is 255 g/mol. The van der Waals surface area contributed by atoms with Gasteiger partial charge in [-0.25, -0.2) is 0 Å². The van der Waals surface area contributed by atoms with Crippen molar-refractivity contribution in [1.82, 2.24) is 6.15 Å². The number of rotatable bonds is 0. The van der Waals surface area contributed by atoms with Crippen LogP contribution in [0.5, 0.6) is 0 Å². The number of halogens is 2. The van der Waals surface area contributed by atoms with Crippen LogP contribution in [0, 0.1) is 3.57 Å². The molecule has 50 valence electrons. The zero-order valence-electron chi connectivity index (χ0n) is 4.77. The van der Waals surface area contributed by atoms with Gasteiger partial charge in [0, 0.05) is 3.57 Å². The van der Waals surface area contributed by atoms with Crippen LogP contribution in [-0.4, -0.2) is 0 Å². The highest BCUT2D eigenvalue weighted by Gasteiger charge is 1.88. The average Bonchev–Trinajstić information content (AvgIpc) is 1.77. The van der Waals surface area contributed by atoms with Crippen LogP contribution in [0.2, 0.25) is 5.02 Å². The SMILES string of the molecule is Clc1ccccc1I.N. The molecule has 0 aliphatic rings. The molecule has 0 atom stereocenters. The largest absolute Gasteiger partial charge is 0.344 e. The van der Waals surface area contributed by atoms with Crippen LogP contribution in [0.1, 0.15) is 0 Å². The van der Waals surface area contributed by atoms with Crippen molar-refractivity contribution in [2.45, 2.75) is 0 Å². The van der Waals surface area contributed by atoms with Crippen LogP contribution >= 0.6 is 34.2 Å². The van der Waals surface area contributed by atoms with Crippen molar-refractivity contribution in [2.24, 2.45) is 0 Å². The maximum absolute atomic E-state index is 5.70. The van der Waals surface area contributed by atoms with Crippen molar-refractivity contribution in [1.29, 1.82) is 0 Å². The Bertz CT molecular complexity index is 169. The minimum Gasteiger partial charge on any atom is -0.344 e. The topological polar surface area (TPSA) is 35.0 Å². The van der Waals surface area contributed by atoms with E-state index in [1.165, 1.54) is 0 Å². The van der Waals surface area contributed by atoms with Gasteiger partial charge in [-0.3, -0.25) is 0 Å². The molecule has 0 fully saturated rings. The molecule has 0 spiro atoms. The van der Waals surface area contributed by atoms with Crippen LogP contribution < -0.4 is 6.15 Å². The minimum absolute atomic E-state index is 0. The maximum atomic E-state index is 5.70. The molecule has 3 heteroatoms. The third-order valence-electron chi connectivity index (χ3n) is 0.824. The fourth-order valence-corrected chi connectivity index (χ4v) is 0.962. The summed E-state index contributed by atoms with van der Waals surface area (Å²) in [7, 11) is 0. The van der Waals surface area contributed by atoms with E-state index < -0.39 is 0 Å². The zero-order valence-corrected chi connectivity index (χ0v) is 7.69. The second-order valence-electron chi connectivity index (χ2n) is 1.41. The first-order chi connectivity index (χ1) is 3.80. The minimum atomic E-state index is 0. The number of benzene rings is 1. The molecule has 1 rings (SSSR count). The fourth-order valence-electron chi connectivity index (χ4n) is 0.439. The summed E-state index contributed by atoms with van der Waals surface area (Å²) in [6.45, 7) is 0. The predicted molar refractivity (Wildman–Crippen MR) is 49.2 cm³/mol. The summed E-state index contributed by atoms with van der Waals surface area (Å²) in [4.78, 5) is 0. The summed E-state index contributed by atoms with van der Waals surface area (Å²) in [5.74, 6) is 0. The molecular weight excluding hydrogens is 248 g/mol. The molecule has 0 heterocycles. The molecule has 0 aliphatic carbocycles. The molecule has 0 saturated carbocycles. The van der Waals surface area contributed by atoms with Gasteiger partial charge in [-0.2, -0.15) is 0 Å². The van der Waals surface area contributed by atoms with Crippen LogP contribution in [0.15, 0.2) is 24.3 Å². The Morgan fingerprint density at radius 3 is 2.11 bits per heavy atom.